The van der Waals surface area contributed by atoms with Gasteiger partial charge in [0.1, 0.15) is 0 Å². The highest BCUT2D eigenvalue weighted by atomic mass is 35.5. The highest BCUT2D eigenvalue weighted by Crippen LogP contribution is 2.39. The van der Waals surface area contributed by atoms with E-state index in [4.69, 9.17) is 17.3 Å². The van der Waals surface area contributed by atoms with E-state index in [0.29, 0.717) is 16.4 Å². The number of para-hydroxylation sites is 1. The number of aromatic amines is 1. The molecule has 0 saturated carbocycles. The standard InChI is InChI=1S/C24H17ClN4O/c25-22-17-9-4-10-19(24(30)27-14-6-2-1-3-7-14)15(17)12-13-18(22)16-8-5-11-20-21(16)23(26)29-28-20/h1-13H,(H,27,30)(H3,26,28,29). The summed E-state index contributed by atoms with van der Waals surface area (Å²) >= 11 is 6.83. The van der Waals surface area contributed by atoms with Crippen molar-refractivity contribution in [3.05, 3.63) is 89.4 Å². The molecule has 0 atom stereocenters. The van der Waals surface area contributed by atoms with Crippen molar-refractivity contribution in [1.82, 2.24) is 10.2 Å². The molecule has 146 valence electrons. The second kappa shape index (κ2) is 7.21. The average Bonchev–Trinajstić information content (AvgIpc) is 3.16. The number of fused-ring (bicyclic) bond motifs is 2. The Morgan fingerprint density at radius 3 is 2.50 bits per heavy atom. The van der Waals surface area contributed by atoms with Gasteiger partial charge in [-0.1, -0.05) is 66.2 Å². The Morgan fingerprint density at radius 1 is 0.867 bits per heavy atom. The van der Waals surface area contributed by atoms with Gasteiger partial charge < -0.3 is 11.1 Å². The Balaban J connectivity index is 1.64. The van der Waals surface area contributed by atoms with Gasteiger partial charge in [-0.25, -0.2) is 0 Å². The summed E-state index contributed by atoms with van der Waals surface area (Å²) in [6, 6.07) is 24.6. The molecule has 1 amide bonds. The normalized spacial score (nSPS) is 11.1. The van der Waals surface area contributed by atoms with Crippen LogP contribution in [-0.2, 0) is 0 Å². The molecule has 0 bridgehead atoms. The van der Waals surface area contributed by atoms with E-state index < -0.39 is 0 Å². The van der Waals surface area contributed by atoms with Crippen LogP contribution in [0, 0.1) is 0 Å². The summed E-state index contributed by atoms with van der Waals surface area (Å²) in [5.41, 5.74) is 9.95. The molecule has 1 heterocycles. The molecule has 0 aliphatic carbocycles. The third-order valence-corrected chi connectivity index (χ3v) is 5.59. The van der Waals surface area contributed by atoms with Crippen molar-refractivity contribution in [2.45, 2.75) is 0 Å². The van der Waals surface area contributed by atoms with Crippen LogP contribution in [0.4, 0.5) is 11.5 Å². The SMILES string of the molecule is Nc1n[nH]c2cccc(-c3ccc4c(C(=O)Nc5ccccc5)cccc4c3Cl)c12. The second-order valence-corrected chi connectivity index (χ2v) is 7.36. The summed E-state index contributed by atoms with van der Waals surface area (Å²) in [6.07, 6.45) is 0. The van der Waals surface area contributed by atoms with E-state index in [-0.39, 0.29) is 5.91 Å². The summed E-state index contributed by atoms with van der Waals surface area (Å²) in [7, 11) is 0. The van der Waals surface area contributed by atoms with Crippen molar-refractivity contribution >= 4 is 50.7 Å². The van der Waals surface area contributed by atoms with Crippen molar-refractivity contribution in [2.24, 2.45) is 0 Å². The molecule has 30 heavy (non-hydrogen) atoms. The maximum atomic E-state index is 12.9. The number of rotatable bonds is 3. The number of anilines is 2. The molecular weight excluding hydrogens is 396 g/mol. The predicted octanol–water partition coefficient (Wildman–Crippen LogP) is 5.87. The van der Waals surface area contributed by atoms with E-state index in [1.54, 1.807) is 6.07 Å². The molecule has 5 aromatic rings. The Labute approximate surface area is 177 Å². The summed E-state index contributed by atoms with van der Waals surface area (Å²) in [4.78, 5) is 12.9. The molecule has 6 heteroatoms. The minimum atomic E-state index is -0.184. The number of nitrogens with zero attached hydrogens (tertiary/aromatic N) is 1. The number of hydrogen-bond acceptors (Lipinski definition) is 3. The van der Waals surface area contributed by atoms with Gasteiger partial charge in [-0.2, -0.15) is 5.10 Å². The lowest BCUT2D eigenvalue weighted by atomic mass is 9.96. The number of aromatic nitrogens is 2. The molecule has 0 radical (unpaired) electrons. The number of carbonyl (C=O) groups excluding carboxylic acids is 1. The molecule has 0 unspecified atom stereocenters. The monoisotopic (exact) mass is 412 g/mol. The number of amides is 1. The van der Waals surface area contributed by atoms with Gasteiger partial charge in [-0.3, -0.25) is 9.89 Å². The topological polar surface area (TPSA) is 83.8 Å². The third kappa shape index (κ3) is 2.96. The van der Waals surface area contributed by atoms with Gasteiger partial charge in [0.25, 0.3) is 5.91 Å². The number of H-pyrrole nitrogens is 1. The average molecular weight is 413 g/mol. The molecule has 5 rings (SSSR count). The molecule has 4 N–H and O–H groups in total. The zero-order chi connectivity index (χ0) is 20.7. The maximum Gasteiger partial charge on any atom is 0.256 e. The number of carbonyl (C=O) groups is 1. The fraction of sp³-hybridized carbons (Fsp3) is 0. The van der Waals surface area contributed by atoms with Gasteiger partial charge in [-0.05, 0) is 35.2 Å². The van der Waals surface area contributed by atoms with E-state index in [2.05, 4.69) is 15.5 Å². The molecule has 4 aromatic carbocycles. The summed E-state index contributed by atoms with van der Waals surface area (Å²) in [5, 5.41) is 13.0. The van der Waals surface area contributed by atoms with Crippen LogP contribution in [0.2, 0.25) is 5.02 Å². The minimum Gasteiger partial charge on any atom is -0.382 e. The fourth-order valence-electron chi connectivity index (χ4n) is 3.77. The lowest BCUT2D eigenvalue weighted by molar-refractivity contribution is 0.102. The Hall–Kier alpha value is -3.83. The number of nitrogens with two attached hydrogens (primary N) is 1. The first kappa shape index (κ1) is 18.2. The van der Waals surface area contributed by atoms with Crippen LogP contribution in [0.15, 0.2) is 78.9 Å². The van der Waals surface area contributed by atoms with Crippen molar-refractivity contribution in [1.29, 1.82) is 0 Å². The van der Waals surface area contributed by atoms with Gasteiger partial charge >= 0.3 is 0 Å². The van der Waals surface area contributed by atoms with Crippen molar-refractivity contribution < 1.29 is 4.79 Å². The third-order valence-electron chi connectivity index (χ3n) is 5.18. The zero-order valence-corrected chi connectivity index (χ0v) is 16.6. The van der Waals surface area contributed by atoms with Crippen LogP contribution in [-0.4, -0.2) is 16.1 Å². The van der Waals surface area contributed by atoms with E-state index in [1.807, 2.05) is 72.8 Å². The van der Waals surface area contributed by atoms with Crippen LogP contribution in [0.1, 0.15) is 10.4 Å². The first-order valence-corrected chi connectivity index (χ1v) is 9.82. The predicted molar refractivity (Wildman–Crippen MR) is 123 cm³/mol. The van der Waals surface area contributed by atoms with Gasteiger partial charge in [0.05, 0.1) is 15.9 Å². The Morgan fingerprint density at radius 2 is 1.67 bits per heavy atom. The number of halogens is 1. The van der Waals surface area contributed by atoms with Crippen molar-refractivity contribution in [2.75, 3.05) is 11.1 Å². The fourth-order valence-corrected chi connectivity index (χ4v) is 4.10. The van der Waals surface area contributed by atoms with Gasteiger partial charge in [0, 0.05) is 22.2 Å². The number of benzene rings is 4. The Bertz CT molecular complexity index is 1410. The molecule has 1 aromatic heterocycles. The summed E-state index contributed by atoms with van der Waals surface area (Å²) in [6.45, 7) is 0. The van der Waals surface area contributed by atoms with Crippen LogP contribution in [0.5, 0.6) is 0 Å². The Kier molecular flexibility index (Phi) is 4.38. The lowest BCUT2D eigenvalue weighted by Crippen LogP contribution is -2.12. The quantitative estimate of drug-likeness (QED) is 0.346. The number of nitrogens with one attached hydrogen (secondary N) is 2. The minimum absolute atomic E-state index is 0.184. The highest BCUT2D eigenvalue weighted by Gasteiger charge is 2.17. The number of nitrogen functional groups attached to an aromatic ring is 1. The molecule has 0 spiro atoms. The van der Waals surface area contributed by atoms with Crippen molar-refractivity contribution in [3.8, 4) is 11.1 Å². The zero-order valence-electron chi connectivity index (χ0n) is 15.8. The maximum absolute atomic E-state index is 12.9. The first-order valence-electron chi connectivity index (χ1n) is 9.44. The molecule has 0 saturated heterocycles. The lowest BCUT2D eigenvalue weighted by Gasteiger charge is -2.13. The van der Waals surface area contributed by atoms with E-state index in [0.717, 1.165) is 38.5 Å². The van der Waals surface area contributed by atoms with Crippen LogP contribution < -0.4 is 11.1 Å². The highest BCUT2D eigenvalue weighted by molar-refractivity contribution is 6.39. The van der Waals surface area contributed by atoms with Crippen LogP contribution in [0.3, 0.4) is 0 Å². The van der Waals surface area contributed by atoms with Crippen LogP contribution >= 0.6 is 11.6 Å². The van der Waals surface area contributed by atoms with Gasteiger partial charge in [-0.15, -0.1) is 0 Å². The largest absolute Gasteiger partial charge is 0.382 e. The second-order valence-electron chi connectivity index (χ2n) is 6.98. The first-order chi connectivity index (χ1) is 14.6. The summed E-state index contributed by atoms with van der Waals surface area (Å²) < 4.78 is 0. The molecule has 0 aliphatic rings. The smallest absolute Gasteiger partial charge is 0.256 e. The van der Waals surface area contributed by atoms with E-state index in [1.165, 1.54) is 0 Å². The molecule has 5 nitrogen and oxygen atoms in total. The van der Waals surface area contributed by atoms with Gasteiger partial charge in [0.15, 0.2) is 5.82 Å². The summed E-state index contributed by atoms with van der Waals surface area (Å²) in [5.74, 6) is 0.240. The van der Waals surface area contributed by atoms with Gasteiger partial charge in [0.2, 0.25) is 0 Å². The molecule has 0 aliphatic heterocycles. The van der Waals surface area contributed by atoms with E-state index >= 15 is 0 Å². The van der Waals surface area contributed by atoms with Crippen molar-refractivity contribution in [3.63, 3.8) is 0 Å². The molecule has 0 fully saturated rings. The number of hydrogen-bond donors (Lipinski definition) is 3. The van der Waals surface area contributed by atoms with E-state index in [9.17, 15) is 4.79 Å². The molecular formula is C24H17ClN4O. The van der Waals surface area contributed by atoms with Crippen LogP contribution in [0.25, 0.3) is 32.8 Å².